The van der Waals surface area contributed by atoms with E-state index in [1.807, 2.05) is 6.92 Å². The van der Waals surface area contributed by atoms with Gasteiger partial charge < -0.3 is 10.4 Å². The van der Waals surface area contributed by atoms with Crippen molar-refractivity contribution in [3.8, 4) is 11.3 Å². The highest BCUT2D eigenvalue weighted by Crippen LogP contribution is 2.24. The predicted octanol–water partition coefficient (Wildman–Crippen LogP) is 3.36. The van der Waals surface area contributed by atoms with Crippen LogP contribution >= 0.6 is 0 Å². The van der Waals surface area contributed by atoms with Crippen molar-refractivity contribution in [1.29, 1.82) is 0 Å². The lowest BCUT2D eigenvalue weighted by atomic mass is 9.88. The molecule has 0 amide bonds. The van der Waals surface area contributed by atoms with Gasteiger partial charge in [-0.2, -0.15) is 5.10 Å². The van der Waals surface area contributed by atoms with Crippen molar-refractivity contribution in [2.45, 2.75) is 31.4 Å². The van der Waals surface area contributed by atoms with E-state index in [4.69, 9.17) is 0 Å². The Labute approximate surface area is 141 Å². The summed E-state index contributed by atoms with van der Waals surface area (Å²) in [5.74, 6) is -0.165. The lowest BCUT2D eigenvalue weighted by Crippen LogP contribution is -2.44. The first-order chi connectivity index (χ1) is 11.5. The molecule has 0 aliphatic rings. The van der Waals surface area contributed by atoms with E-state index in [-0.39, 0.29) is 17.8 Å². The molecule has 1 heterocycles. The van der Waals surface area contributed by atoms with Crippen LogP contribution in [0.15, 0.2) is 55.8 Å². The zero-order chi connectivity index (χ0) is 17.6. The highest BCUT2D eigenvalue weighted by Gasteiger charge is 2.31. The minimum absolute atomic E-state index is 0.217. The van der Waals surface area contributed by atoms with Gasteiger partial charge in [-0.1, -0.05) is 24.3 Å². The second-order valence-corrected chi connectivity index (χ2v) is 5.60. The molecule has 1 aromatic carbocycles. The van der Waals surface area contributed by atoms with Crippen molar-refractivity contribution in [3.63, 3.8) is 0 Å². The lowest BCUT2D eigenvalue weighted by molar-refractivity contribution is 0.0314. The maximum absolute atomic E-state index is 13.9. The Balaban J connectivity index is 2.24. The number of nitrogens with zero attached hydrogens (tertiary/aromatic N) is 3. The van der Waals surface area contributed by atoms with Crippen molar-refractivity contribution in [3.05, 3.63) is 61.6 Å². The van der Waals surface area contributed by atoms with Gasteiger partial charge in [0, 0.05) is 5.56 Å². The third kappa shape index (κ3) is 4.02. The van der Waals surface area contributed by atoms with Gasteiger partial charge in [0.25, 0.3) is 0 Å². The van der Waals surface area contributed by atoms with Gasteiger partial charge in [-0.15, -0.1) is 18.3 Å². The Kier molecular flexibility index (Phi) is 5.76. The Hall–Kier alpha value is -2.60. The van der Waals surface area contributed by atoms with Crippen LogP contribution in [-0.4, -0.2) is 31.9 Å². The molecule has 126 valence electrons. The average molecular weight is 328 g/mol. The summed E-state index contributed by atoms with van der Waals surface area (Å²) >= 11 is 0. The Morgan fingerprint density at radius 3 is 2.58 bits per heavy atom. The summed E-state index contributed by atoms with van der Waals surface area (Å²) in [4.78, 5) is 4.29. The van der Waals surface area contributed by atoms with Gasteiger partial charge in [-0.05, 0) is 31.9 Å². The molecule has 5 nitrogen and oxygen atoms in total. The molecule has 0 spiro atoms. The fraction of sp³-hybridized carbons (Fsp3) is 0.278. The van der Waals surface area contributed by atoms with Gasteiger partial charge in [-0.3, -0.25) is 0 Å². The van der Waals surface area contributed by atoms with Crippen molar-refractivity contribution in [1.82, 2.24) is 15.2 Å². The van der Waals surface area contributed by atoms with E-state index in [0.717, 1.165) is 0 Å². The third-order valence-electron chi connectivity index (χ3n) is 3.86. The number of hydrogen-bond donors (Lipinski definition) is 2. The first kappa shape index (κ1) is 17.7. The maximum Gasteiger partial charge on any atom is 0.243 e. The first-order valence-corrected chi connectivity index (χ1v) is 7.65. The van der Waals surface area contributed by atoms with Gasteiger partial charge >= 0.3 is 0 Å². The molecule has 1 atom stereocenters. The predicted molar refractivity (Wildman–Crippen MR) is 92.9 cm³/mol. The summed E-state index contributed by atoms with van der Waals surface area (Å²) in [5.41, 5.74) is -0.356. The molecule has 1 unspecified atom stereocenters. The van der Waals surface area contributed by atoms with Crippen LogP contribution in [0, 0.1) is 5.82 Å². The average Bonchev–Trinajstić information content (AvgIpc) is 2.56. The van der Waals surface area contributed by atoms with Crippen molar-refractivity contribution in [2.24, 2.45) is 0 Å². The van der Waals surface area contributed by atoms with Crippen molar-refractivity contribution < 1.29 is 9.50 Å². The molecule has 0 radical (unpaired) electrons. The first-order valence-electron chi connectivity index (χ1n) is 7.65. The number of aromatic nitrogens is 3. The highest BCUT2D eigenvalue weighted by molar-refractivity contribution is 5.59. The Bertz CT molecular complexity index is 710. The minimum Gasteiger partial charge on any atom is -0.387 e. The number of benzene rings is 1. The molecule has 0 saturated carbocycles. The number of aliphatic hydroxyl groups is 1. The Morgan fingerprint density at radius 1 is 1.29 bits per heavy atom. The monoisotopic (exact) mass is 328 g/mol. The smallest absolute Gasteiger partial charge is 0.243 e. The van der Waals surface area contributed by atoms with Crippen LogP contribution in [0.5, 0.6) is 0 Å². The van der Waals surface area contributed by atoms with Crippen LogP contribution in [0.25, 0.3) is 11.3 Å². The third-order valence-corrected chi connectivity index (χ3v) is 3.86. The van der Waals surface area contributed by atoms with Crippen LogP contribution in [-0.2, 0) is 0 Å². The van der Waals surface area contributed by atoms with Crippen LogP contribution in [0.1, 0.15) is 19.8 Å². The van der Waals surface area contributed by atoms with Gasteiger partial charge in [0.05, 0.1) is 23.5 Å². The zero-order valence-corrected chi connectivity index (χ0v) is 13.6. The SMILES string of the molecule is C=CCC(O)(CC=C)C(C)Nc1nncc(-c2ccccc2F)n1. The van der Waals surface area contributed by atoms with Gasteiger partial charge in [0.2, 0.25) is 5.95 Å². The lowest BCUT2D eigenvalue weighted by Gasteiger charge is -2.33. The number of hydrogen-bond acceptors (Lipinski definition) is 5. The van der Waals surface area contributed by atoms with Gasteiger partial charge in [0.15, 0.2) is 0 Å². The van der Waals surface area contributed by atoms with Gasteiger partial charge in [0.1, 0.15) is 5.82 Å². The summed E-state index contributed by atoms with van der Waals surface area (Å²) in [6, 6.07) is 5.94. The quantitative estimate of drug-likeness (QED) is 0.727. The molecule has 0 aliphatic carbocycles. The largest absolute Gasteiger partial charge is 0.387 e. The summed E-state index contributed by atoms with van der Waals surface area (Å²) in [5, 5.41) is 21.5. The molecule has 2 aromatic rings. The summed E-state index contributed by atoms with van der Waals surface area (Å²) in [6.07, 6.45) is 5.46. The van der Waals surface area contributed by atoms with Crippen LogP contribution in [0.3, 0.4) is 0 Å². The summed E-state index contributed by atoms with van der Waals surface area (Å²) < 4.78 is 13.9. The fourth-order valence-electron chi connectivity index (χ4n) is 2.43. The maximum atomic E-state index is 13.9. The molecule has 1 aromatic heterocycles. The molecular weight excluding hydrogens is 307 g/mol. The molecule has 0 fully saturated rings. The number of nitrogens with one attached hydrogen (secondary N) is 1. The molecule has 0 aliphatic heterocycles. The zero-order valence-electron chi connectivity index (χ0n) is 13.6. The highest BCUT2D eigenvalue weighted by atomic mass is 19.1. The standard InChI is InChI=1S/C18H21FN4O/c1-4-10-18(24,11-5-2)13(3)21-17-22-16(12-20-23-17)14-8-6-7-9-15(14)19/h4-9,12-13,24H,1-2,10-11H2,3H3,(H,21,22,23). The van der Waals surface area contributed by atoms with Crippen molar-refractivity contribution in [2.75, 3.05) is 5.32 Å². The molecule has 2 N–H and O–H groups in total. The molecule has 2 rings (SSSR count). The molecule has 6 heteroatoms. The molecule has 0 bridgehead atoms. The van der Waals surface area contributed by atoms with Gasteiger partial charge in [-0.25, -0.2) is 9.37 Å². The molecule has 24 heavy (non-hydrogen) atoms. The van der Waals surface area contributed by atoms with Crippen LogP contribution in [0.2, 0.25) is 0 Å². The fourth-order valence-corrected chi connectivity index (χ4v) is 2.43. The summed E-state index contributed by atoms with van der Waals surface area (Å²) in [6.45, 7) is 9.16. The second kappa shape index (κ2) is 7.79. The van der Waals surface area contributed by atoms with Crippen molar-refractivity contribution >= 4 is 5.95 Å². The number of rotatable bonds is 8. The second-order valence-electron chi connectivity index (χ2n) is 5.60. The van der Waals surface area contributed by atoms with E-state index in [1.165, 1.54) is 12.3 Å². The topological polar surface area (TPSA) is 70.9 Å². The molecule has 0 saturated heterocycles. The van der Waals surface area contributed by atoms with Crippen LogP contribution in [0.4, 0.5) is 10.3 Å². The number of anilines is 1. The normalized spacial score (nSPS) is 12.5. The van der Waals surface area contributed by atoms with E-state index in [2.05, 4.69) is 33.7 Å². The number of halogens is 1. The minimum atomic E-state index is -1.07. The van der Waals surface area contributed by atoms with E-state index in [9.17, 15) is 9.50 Å². The van der Waals surface area contributed by atoms with E-state index in [1.54, 1.807) is 30.4 Å². The van der Waals surface area contributed by atoms with E-state index >= 15 is 0 Å². The van der Waals surface area contributed by atoms with E-state index < -0.39 is 5.60 Å². The Morgan fingerprint density at radius 2 is 1.96 bits per heavy atom. The van der Waals surface area contributed by atoms with E-state index in [0.29, 0.717) is 24.1 Å². The molecular formula is C18H21FN4O. The van der Waals surface area contributed by atoms with Crippen LogP contribution < -0.4 is 5.32 Å². The summed E-state index contributed by atoms with van der Waals surface area (Å²) in [7, 11) is 0.